The van der Waals surface area contributed by atoms with Gasteiger partial charge in [-0.1, -0.05) is 17.7 Å². The molecule has 4 nitrogen and oxygen atoms in total. The van der Waals surface area contributed by atoms with Crippen molar-refractivity contribution in [3.05, 3.63) is 47.5 Å². The number of imidazole rings is 1. The van der Waals surface area contributed by atoms with Gasteiger partial charge in [0.25, 0.3) is 0 Å². The maximum Gasteiger partial charge on any atom is 0.130 e. The van der Waals surface area contributed by atoms with Crippen molar-refractivity contribution in [1.29, 1.82) is 0 Å². The summed E-state index contributed by atoms with van der Waals surface area (Å²) in [5.41, 5.74) is 9.30. The first kappa shape index (κ1) is 13.6. The number of hydrogen-bond acceptors (Lipinski definition) is 3. The van der Waals surface area contributed by atoms with Crippen LogP contribution < -0.4 is 10.5 Å². The molecule has 0 unspecified atom stereocenters. The fourth-order valence-electron chi connectivity index (χ4n) is 2.06. The van der Waals surface area contributed by atoms with Gasteiger partial charge in [-0.3, -0.25) is 0 Å². The number of hydrogen-bond donors (Lipinski definition) is 1. The Bertz CT molecular complexity index is 546. The highest BCUT2D eigenvalue weighted by Crippen LogP contribution is 2.25. The smallest absolute Gasteiger partial charge is 0.130 e. The average molecular weight is 259 g/mol. The van der Waals surface area contributed by atoms with Crippen LogP contribution in [0.5, 0.6) is 5.75 Å². The molecule has 102 valence electrons. The predicted molar refractivity (Wildman–Crippen MR) is 76.0 cm³/mol. The van der Waals surface area contributed by atoms with Crippen LogP contribution in [0.1, 0.15) is 36.7 Å². The van der Waals surface area contributed by atoms with Crippen LogP contribution in [-0.2, 0) is 13.2 Å². The van der Waals surface area contributed by atoms with E-state index in [1.807, 2.05) is 31.6 Å². The van der Waals surface area contributed by atoms with E-state index in [0.717, 1.165) is 23.6 Å². The molecule has 0 aliphatic heterocycles. The Balaban J connectivity index is 2.15. The Morgan fingerprint density at radius 3 is 2.89 bits per heavy atom. The number of nitrogens with two attached hydrogens (primary N) is 1. The summed E-state index contributed by atoms with van der Waals surface area (Å²) in [4.78, 5) is 4.14. The molecule has 0 aliphatic rings. The van der Waals surface area contributed by atoms with Crippen LogP contribution in [0.3, 0.4) is 0 Å². The number of rotatable bonds is 5. The summed E-state index contributed by atoms with van der Waals surface area (Å²) >= 11 is 0. The maximum atomic E-state index is 5.99. The highest BCUT2D eigenvalue weighted by atomic mass is 16.5. The molecule has 2 aromatic rings. The van der Waals surface area contributed by atoms with Crippen molar-refractivity contribution in [2.24, 2.45) is 5.73 Å². The van der Waals surface area contributed by atoms with Crippen molar-refractivity contribution in [3.8, 4) is 5.75 Å². The molecule has 0 saturated carbocycles. The summed E-state index contributed by atoms with van der Waals surface area (Å²) in [7, 11) is 0. The Hall–Kier alpha value is -1.81. The van der Waals surface area contributed by atoms with Crippen LogP contribution in [0, 0.1) is 6.92 Å². The van der Waals surface area contributed by atoms with Gasteiger partial charge in [0.2, 0.25) is 0 Å². The van der Waals surface area contributed by atoms with Crippen LogP contribution in [0.4, 0.5) is 0 Å². The van der Waals surface area contributed by atoms with Gasteiger partial charge in [0, 0.05) is 18.2 Å². The number of ether oxygens (including phenoxy) is 1. The second kappa shape index (κ2) is 5.89. The first-order valence-electron chi connectivity index (χ1n) is 6.59. The maximum absolute atomic E-state index is 5.99. The zero-order chi connectivity index (χ0) is 13.8. The molecule has 4 heteroatoms. The number of nitrogens with zero attached hydrogens (tertiary/aromatic N) is 2. The van der Waals surface area contributed by atoms with E-state index in [1.54, 1.807) is 0 Å². The lowest BCUT2D eigenvalue weighted by atomic mass is 10.1. The molecule has 0 amide bonds. The Morgan fingerprint density at radius 2 is 2.21 bits per heavy atom. The number of aryl methyl sites for hydroxylation is 2. The average Bonchev–Trinajstić information content (AvgIpc) is 2.84. The van der Waals surface area contributed by atoms with E-state index in [2.05, 4.69) is 29.5 Å². The quantitative estimate of drug-likeness (QED) is 0.898. The molecule has 2 rings (SSSR count). The molecule has 0 fully saturated rings. The molecule has 1 heterocycles. The zero-order valence-electron chi connectivity index (χ0n) is 11.8. The van der Waals surface area contributed by atoms with Crippen molar-refractivity contribution in [1.82, 2.24) is 9.55 Å². The molecule has 1 atom stereocenters. The third-order valence-electron chi connectivity index (χ3n) is 3.17. The van der Waals surface area contributed by atoms with Crippen LogP contribution in [-0.4, -0.2) is 9.55 Å². The zero-order valence-corrected chi connectivity index (χ0v) is 11.8. The second-order valence-electron chi connectivity index (χ2n) is 4.79. The first-order valence-corrected chi connectivity index (χ1v) is 6.59. The lowest BCUT2D eigenvalue weighted by Crippen LogP contribution is -2.09. The summed E-state index contributed by atoms with van der Waals surface area (Å²) in [6.45, 7) is 7.52. The van der Waals surface area contributed by atoms with E-state index in [-0.39, 0.29) is 6.04 Å². The van der Waals surface area contributed by atoms with Crippen molar-refractivity contribution in [2.45, 2.75) is 40.0 Å². The van der Waals surface area contributed by atoms with E-state index < -0.39 is 0 Å². The fraction of sp³-hybridized carbons (Fsp3) is 0.400. The van der Waals surface area contributed by atoms with Gasteiger partial charge in [-0.25, -0.2) is 4.98 Å². The SMILES string of the molecule is CCn1cncc1COc1ccc(C)cc1[C@H](C)N. The summed E-state index contributed by atoms with van der Waals surface area (Å²) in [5, 5.41) is 0. The summed E-state index contributed by atoms with van der Waals surface area (Å²) in [6.07, 6.45) is 3.66. The van der Waals surface area contributed by atoms with E-state index >= 15 is 0 Å². The third-order valence-corrected chi connectivity index (χ3v) is 3.17. The second-order valence-corrected chi connectivity index (χ2v) is 4.79. The van der Waals surface area contributed by atoms with Crippen molar-refractivity contribution in [3.63, 3.8) is 0 Å². The summed E-state index contributed by atoms with van der Waals surface area (Å²) in [6, 6.07) is 6.07. The standard InChI is InChI=1S/C15H21N3O/c1-4-18-10-17-8-13(18)9-19-15-6-5-11(2)7-14(15)12(3)16/h5-8,10,12H,4,9,16H2,1-3H3/t12-/m0/s1. The number of benzene rings is 1. The normalized spacial score (nSPS) is 12.4. The molecule has 2 N–H and O–H groups in total. The molecule has 0 aliphatic carbocycles. The van der Waals surface area contributed by atoms with Crippen LogP contribution in [0.2, 0.25) is 0 Å². The lowest BCUT2D eigenvalue weighted by Gasteiger charge is -2.15. The lowest BCUT2D eigenvalue weighted by molar-refractivity contribution is 0.291. The molecule has 0 radical (unpaired) electrons. The van der Waals surface area contributed by atoms with Crippen LogP contribution in [0.25, 0.3) is 0 Å². The molecular weight excluding hydrogens is 238 g/mol. The largest absolute Gasteiger partial charge is 0.487 e. The molecule has 1 aromatic heterocycles. The molecule has 19 heavy (non-hydrogen) atoms. The van der Waals surface area contributed by atoms with E-state index in [1.165, 1.54) is 5.56 Å². The van der Waals surface area contributed by atoms with E-state index in [0.29, 0.717) is 6.61 Å². The monoisotopic (exact) mass is 259 g/mol. The Morgan fingerprint density at radius 1 is 1.42 bits per heavy atom. The van der Waals surface area contributed by atoms with E-state index in [9.17, 15) is 0 Å². The third kappa shape index (κ3) is 3.15. The van der Waals surface area contributed by atoms with Gasteiger partial charge in [-0.2, -0.15) is 0 Å². The topological polar surface area (TPSA) is 53.1 Å². The van der Waals surface area contributed by atoms with Gasteiger partial charge in [-0.15, -0.1) is 0 Å². The fourth-order valence-corrected chi connectivity index (χ4v) is 2.06. The molecule has 1 aromatic carbocycles. The van der Waals surface area contributed by atoms with Gasteiger partial charge < -0.3 is 15.0 Å². The van der Waals surface area contributed by atoms with Gasteiger partial charge in [0.1, 0.15) is 12.4 Å². The molecule has 0 saturated heterocycles. The first-order chi connectivity index (χ1) is 9.11. The molecule has 0 bridgehead atoms. The van der Waals surface area contributed by atoms with Crippen LogP contribution in [0.15, 0.2) is 30.7 Å². The Kier molecular flexibility index (Phi) is 4.22. The molecular formula is C15H21N3O. The molecule has 0 spiro atoms. The summed E-state index contributed by atoms with van der Waals surface area (Å²) < 4.78 is 7.97. The highest BCUT2D eigenvalue weighted by Gasteiger charge is 2.09. The van der Waals surface area contributed by atoms with Crippen molar-refractivity contribution < 1.29 is 4.74 Å². The van der Waals surface area contributed by atoms with Crippen molar-refractivity contribution in [2.75, 3.05) is 0 Å². The van der Waals surface area contributed by atoms with Crippen LogP contribution >= 0.6 is 0 Å². The van der Waals surface area contributed by atoms with Gasteiger partial charge >= 0.3 is 0 Å². The minimum absolute atomic E-state index is 0.0361. The van der Waals surface area contributed by atoms with Gasteiger partial charge in [0.05, 0.1) is 18.2 Å². The number of aromatic nitrogens is 2. The van der Waals surface area contributed by atoms with Crippen molar-refractivity contribution >= 4 is 0 Å². The minimum atomic E-state index is -0.0361. The Labute approximate surface area is 114 Å². The predicted octanol–water partition coefficient (Wildman–Crippen LogP) is 2.81. The minimum Gasteiger partial charge on any atom is -0.487 e. The van der Waals surface area contributed by atoms with E-state index in [4.69, 9.17) is 10.5 Å². The summed E-state index contributed by atoms with van der Waals surface area (Å²) in [5.74, 6) is 0.851. The van der Waals surface area contributed by atoms with Gasteiger partial charge in [-0.05, 0) is 26.8 Å². The van der Waals surface area contributed by atoms with Gasteiger partial charge in [0.15, 0.2) is 0 Å². The highest BCUT2D eigenvalue weighted by molar-refractivity contribution is 5.38.